The Bertz CT molecular complexity index is 742. The topological polar surface area (TPSA) is 64.3 Å². The minimum Gasteiger partial charge on any atom is -0.466 e. The average Bonchev–Trinajstić information content (AvgIpc) is 2.75. The van der Waals surface area contributed by atoms with Gasteiger partial charge in [0.2, 0.25) is 0 Å². The molecule has 0 spiro atoms. The van der Waals surface area contributed by atoms with Crippen molar-refractivity contribution in [3.05, 3.63) is 72.3 Å². The van der Waals surface area contributed by atoms with Crippen LogP contribution in [0.3, 0.4) is 0 Å². The van der Waals surface area contributed by atoms with E-state index in [9.17, 15) is 4.79 Å². The minimum atomic E-state index is -0.0880. The Balaban J connectivity index is 0. The molecule has 0 saturated carbocycles. The van der Waals surface area contributed by atoms with E-state index in [1.807, 2.05) is 63.2 Å². The van der Waals surface area contributed by atoms with Gasteiger partial charge in [-0.3, -0.25) is 4.79 Å². The van der Waals surface area contributed by atoms with E-state index in [0.717, 1.165) is 23.7 Å². The molecule has 2 aromatic rings. The lowest BCUT2D eigenvalue weighted by Gasteiger charge is -2.20. The molecule has 2 aromatic carbocycles. The van der Waals surface area contributed by atoms with Gasteiger partial charge in [0.15, 0.2) is 0 Å². The molecule has 0 fully saturated rings. The normalized spacial score (nSPS) is 10.4. The van der Waals surface area contributed by atoms with Gasteiger partial charge in [-0.05, 0) is 62.3 Å². The summed E-state index contributed by atoms with van der Waals surface area (Å²) in [5.74, 6) is 1.37. The van der Waals surface area contributed by atoms with Gasteiger partial charge >= 0.3 is 5.97 Å². The summed E-state index contributed by atoms with van der Waals surface area (Å²) >= 11 is 0. The van der Waals surface area contributed by atoms with E-state index in [1.54, 1.807) is 0 Å². The standard InChI is InChI=1S/C13H19N.C7H9N.C6H12O2.C4H10/c1-10(2)11(3)14-12(4)13-8-6-5-7-9-13;1-6-3-2-4-7(8)5-6;1-3-5-6(7)8-4-2;1-4(2)3/h5-11,14H,4H2,1-3H3;2-5H,8H2,1H3;3-5H2,1-2H3;4H,1-3H3. The fourth-order valence-corrected chi connectivity index (χ4v) is 2.27. The van der Waals surface area contributed by atoms with Crippen LogP contribution < -0.4 is 11.1 Å². The van der Waals surface area contributed by atoms with Crippen LogP contribution in [-0.2, 0) is 9.53 Å². The van der Waals surface area contributed by atoms with Crippen molar-refractivity contribution in [1.29, 1.82) is 0 Å². The lowest BCUT2D eigenvalue weighted by molar-refractivity contribution is -0.143. The van der Waals surface area contributed by atoms with E-state index in [2.05, 4.69) is 70.3 Å². The second-order valence-electron chi connectivity index (χ2n) is 9.22. The van der Waals surface area contributed by atoms with Crippen LogP contribution in [0, 0.1) is 18.8 Å². The number of rotatable bonds is 7. The van der Waals surface area contributed by atoms with Crippen LogP contribution in [0.15, 0.2) is 61.2 Å². The van der Waals surface area contributed by atoms with Gasteiger partial charge in [0.25, 0.3) is 0 Å². The quantitative estimate of drug-likeness (QED) is 0.319. The van der Waals surface area contributed by atoms with Crippen LogP contribution in [0.5, 0.6) is 0 Å². The number of esters is 1. The molecular weight excluding hydrogens is 420 g/mol. The van der Waals surface area contributed by atoms with Crippen molar-refractivity contribution < 1.29 is 9.53 Å². The fourth-order valence-electron chi connectivity index (χ4n) is 2.27. The first-order valence-electron chi connectivity index (χ1n) is 12.4. The molecule has 0 saturated heterocycles. The summed E-state index contributed by atoms with van der Waals surface area (Å²) in [7, 11) is 0. The molecule has 192 valence electrons. The third-order valence-corrected chi connectivity index (χ3v) is 4.33. The molecule has 2 rings (SSSR count). The van der Waals surface area contributed by atoms with Crippen molar-refractivity contribution in [3.8, 4) is 0 Å². The molecule has 0 aliphatic heterocycles. The van der Waals surface area contributed by atoms with Crippen molar-refractivity contribution >= 4 is 17.4 Å². The number of carbonyl (C=O) groups excluding carboxylic acids is 1. The first-order valence-corrected chi connectivity index (χ1v) is 12.4. The molecular formula is C30H50N2O2. The minimum absolute atomic E-state index is 0.0880. The second kappa shape index (κ2) is 20.8. The van der Waals surface area contributed by atoms with Crippen molar-refractivity contribution in [2.24, 2.45) is 11.8 Å². The molecule has 0 amide bonds. The van der Waals surface area contributed by atoms with Gasteiger partial charge in [-0.15, -0.1) is 0 Å². The Morgan fingerprint density at radius 3 is 1.91 bits per heavy atom. The van der Waals surface area contributed by atoms with Gasteiger partial charge in [-0.25, -0.2) is 0 Å². The van der Waals surface area contributed by atoms with Gasteiger partial charge in [-0.1, -0.05) is 90.6 Å². The first kappa shape index (κ1) is 33.4. The fraction of sp³-hybridized carbons (Fsp3) is 0.500. The number of hydrogen-bond acceptors (Lipinski definition) is 4. The molecule has 0 bridgehead atoms. The Hall–Kier alpha value is -2.75. The maximum atomic E-state index is 10.4. The third kappa shape index (κ3) is 21.1. The number of benzene rings is 2. The summed E-state index contributed by atoms with van der Waals surface area (Å²) in [5, 5.41) is 3.40. The van der Waals surface area contributed by atoms with E-state index in [1.165, 1.54) is 11.1 Å². The molecule has 4 heteroatoms. The van der Waals surface area contributed by atoms with E-state index in [4.69, 9.17) is 5.73 Å². The SMILES string of the molecule is C=C(NC(C)C(C)C)c1ccccc1.CC(C)C.CCCC(=O)OCC.Cc1cccc(N)c1. The lowest BCUT2D eigenvalue weighted by Crippen LogP contribution is -2.28. The van der Waals surface area contributed by atoms with Crippen LogP contribution in [0.2, 0.25) is 0 Å². The highest BCUT2D eigenvalue weighted by Crippen LogP contribution is 2.11. The number of nitrogens with one attached hydrogen (secondary N) is 1. The molecule has 3 N–H and O–H groups in total. The van der Waals surface area contributed by atoms with Crippen LogP contribution in [-0.4, -0.2) is 18.6 Å². The molecule has 0 aliphatic carbocycles. The molecule has 1 unspecified atom stereocenters. The number of anilines is 1. The van der Waals surface area contributed by atoms with Crippen LogP contribution in [0.25, 0.3) is 5.70 Å². The lowest BCUT2D eigenvalue weighted by atomic mass is 10.1. The van der Waals surface area contributed by atoms with Crippen LogP contribution in [0.1, 0.15) is 79.4 Å². The van der Waals surface area contributed by atoms with Gasteiger partial charge in [-0.2, -0.15) is 0 Å². The molecule has 0 aromatic heterocycles. The van der Waals surface area contributed by atoms with Gasteiger partial charge < -0.3 is 15.8 Å². The van der Waals surface area contributed by atoms with Crippen LogP contribution >= 0.6 is 0 Å². The Morgan fingerprint density at radius 2 is 1.53 bits per heavy atom. The van der Waals surface area contributed by atoms with E-state index < -0.39 is 0 Å². The molecule has 0 aliphatic rings. The van der Waals surface area contributed by atoms with Gasteiger partial charge in [0.05, 0.1) is 6.61 Å². The Kier molecular flexibility index (Phi) is 20.5. The zero-order valence-electron chi connectivity index (χ0n) is 23.2. The monoisotopic (exact) mass is 470 g/mol. The molecule has 34 heavy (non-hydrogen) atoms. The van der Waals surface area contributed by atoms with Crippen LogP contribution in [0.4, 0.5) is 5.69 Å². The number of nitrogen functional groups attached to an aromatic ring is 1. The summed E-state index contributed by atoms with van der Waals surface area (Å²) in [6.45, 7) is 23.4. The van der Waals surface area contributed by atoms with Crippen molar-refractivity contribution in [1.82, 2.24) is 5.32 Å². The molecule has 4 nitrogen and oxygen atoms in total. The number of nitrogens with two attached hydrogens (primary N) is 1. The zero-order chi connectivity index (χ0) is 26.5. The number of aryl methyl sites for hydroxylation is 1. The number of ether oxygens (including phenoxy) is 1. The van der Waals surface area contributed by atoms with Crippen molar-refractivity contribution in [2.45, 2.75) is 81.2 Å². The number of carbonyl (C=O) groups is 1. The maximum absolute atomic E-state index is 10.4. The summed E-state index contributed by atoms with van der Waals surface area (Å²) < 4.78 is 4.64. The predicted octanol–water partition coefficient (Wildman–Crippen LogP) is 7.88. The third-order valence-electron chi connectivity index (χ3n) is 4.33. The Labute approximate surface area is 210 Å². The molecule has 1 atom stereocenters. The van der Waals surface area contributed by atoms with Gasteiger partial charge in [0, 0.05) is 23.8 Å². The van der Waals surface area contributed by atoms with Gasteiger partial charge in [0.1, 0.15) is 0 Å². The van der Waals surface area contributed by atoms with E-state index >= 15 is 0 Å². The number of hydrogen-bond donors (Lipinski definition) is 2. The van der Waals surface area contributed by atoms with Crippen molar-refractivity contribution in [3.63, 3.8) is 0 Å². The summed E-state index contributed by atoms with van der Waals surface area (Å²) in [6, 6.07) is 18.5. The highest BCUT2D eigenvalue weighted by Gasteiger charge is 2.07. The highest BCUT2D eigenvalue weighted by molar-refractivity contribution is 5.69. The molecule has 0 heterocycles. The largest absolute Gasteiger partial charge is 0.466 e. The summed E-state index contributed by atoms with van der Waals surface area (Å²) in [6.07, 6.45) is 1.42. The van der Waals surface area contributed by atoms with E-state index in [-0.39, 0.29) is 5.97 Å². The highest BCUT2D eigenvalue weighted by atomic mass is 16.5. The van der Waals surface area contributed by atoms with E-state index in [0.29, 0.717) is 25.0 Å². The smallest absolute Gasteiger partial charge is 0.305 e. The zero-order valence-corrected chi connectivity index (χ0v) is 23.2. The second-order valence-corrected chi connectivity index (χ2v) is 9.22. The first-order chi connectivity index (χ1) is 15.9. The summed E-state index contributed by atoms with van der Waals surface area (Å²) in [5.41, 5.74) is 9.68. The summed E-state index contributed by atoms with van der Waals surface area (Å²) in [4.78, 5) is 10.4. The maximum Gasteiger partial charge on any atom is 0.305 e. The predicted molar refractivity (Wildman–Crippen MR) is 151 cm³/mol. The van der Waals surface area contributed by atoms with Crippen molar-refractivity contribution in [2.75, 3.05) is 12.3 Å². The molecule has 0 radical (unpaired) electrons. The Morgan fingerprint density at radius 1 is 0.971 bits per heavy atom. The average molecular weight is 471 g/mol.